The van der Waals surface area contributed by atoms with Crippen LogP contribution in [-0.4, -0.2) is 18.0 Å². The third-order valence-electron chi connectivity index (χ3n) is 2.69. The minimum absolute atomic E-state index is 0.603. The van der Waals surface area contributed by atoms with E-state index < -0.39 is 0 Å². The van der Waals surface area contributed by atoms with E-state index in [1.54, 1.807) is 0 Å². The van der Waals surface area contributed by atoms with Crippen molar-refractivity contribution in [1.29, 1.82) is 0 Å². The molecule has 78 valence electrons. The Balaban J connectivity index is 2.60. The lowest BCUT2D eigenvalue weighted by Crippen LogP contribution is -2.23. The van der Waals surface area contributed by atoms with Crippen LogP contribution < -0.4 is 0 Å². The molecule has 1 unspecified atom stereocenters. The highest BCUT2D eigenvalue weighted by Crippen LogP contribution is 2.23. The van der Waals surface area contributed by atoms with Gasteiger partial charge in [-0.2, -0.15) is 0 Å². The summed E-state index contributed by atoms with van der Waals surface area (Å²) >= 11 is 0. The van der Waals surface area contributed by atoms with Gasteiger partial charge in [0.05, 0.1) is 6.04 Å². The predicted molar refractivity (Wildman–Crippen MR) is 63.1 cm³/mol. The van der Waals surface area contributed by atoms with E-state index in [2.05, 4.69) is 56.3 Å². The molecule has 1 heteroatoms. The van der Waals surface area contributed by atoms with Gasteiger partial charge in [-0.3, -0.25) is 0 Å². The van der Waals surface area contributed by atoms with E-state index in [0.717, 1.165) is 0 Å². The molecule has 0 amide bonds. The summed E-state index contributed by atoms with van der Waals surface area (Å²) in [7, 11) is 2.16. The second-order valence-corrected chi connectivity index (χ2v) is 3.83. The minimum atomic E-state index is 0.603. The summed E-state index contributed by atoms with van der Waals surface area (Å²) in [5, 5.41) is 0. The molecule has 0 saturated heterocycles. The lowest BCUT2D eigenvalue weighted by atomic mass is 10.0. The summed E-state index contributed by atoms with van der Waals surface area (Å²) in [6.07, 6.45) is 14.7. The maximum atomic E-state index is 2.31. The number of rotatable bonds is 4. The largest absolute Gasteiger partial charge is 0.373 e. The van der Waals surface area contributed by atoms with Gasteiger partial charge < -0.3 is 4.90 Å². The average Bonchev–Trinajstić information content (AvgIpc) is 2.53. The van der Waals surface area contributed by atoms with Crippen LogP contribution in [0.2, 0.25) is 0 Å². The van der Waals surface area contributed by atoms with Crippen molar-refractivity contribution in [1.82, 2.24) is 4.90 Å². The highest BCUT2D eigenvalue weighted by molar-refractivity contribution is 5.33. The van der Waals surface area contributed by atoms with Crippen LogP contribution in [0.1, 0.15) is 33.1 Å². The van der Waals surface area contributed by atoms with Crippen LogP contribution in [0.5, 0.6) is 0 Å². The van der Waals surface area contributed by atoms with Gasteiger partial charge in [0.1, 0.15) is 0 Å². The van der Waals surface area contributed by atoms with Gasteiger partial charge in [0.15, 0.2) is 0 Å². The molecule has 1 atom stereocenters. The van der Waals surface area contributed by atoms with Gasteiger partial charge in [0.25, 0.3) is 0 Å². The lowest BCUT2D eigenvalue weighted by molar-refractivity contribution is 0.366. The van der Waals surface area contributed by atoms with Crippen molar-refractivity contribution in [3.8, 4) is 0 Å². The first-order valence-corrected chi connectivity index (χ1v) is 5.52. The summed E-state index contributed by atoms with van der Waals surface area (Å²) in [6.45, 7) is 4.30. The fraction of sp³-hybridized carbons (Fsp3) is 0.538. The van der Waals surface area contributed by atoms with E-state index in [0.29, 0.717) is 6.04 Å². The minimum Gasteiger partial charge on any atom is -0.373 e. The quantitative estimate of drug-likeness (QED) is 0.657. The number of hydrogen-bond donors (Lipinski definition) is 0. The SMILES string of the molecule is C/C=C\C=C1\C=CN(C)C1CCCC. The topological polar surface area (TPSA) is 3.24 Å². The van der Waals surface area contributed by atoms with Crippen molar-refractivity contribution >= 4 is 0 Å². The highest BCUT2D eigenvalue weighted by atomic mass is 15.1. The second-order valence-electron chi connectivity index (χ2n) is 3.83. The van der Waals surface area contributed by atoms with Gasteiger partial charge in [-0.05, 0) is 31.2 Å². The van der Waals surface area contributed by atoms with Crippen LogP contribution in [-0.2, 0) is 0 Å². The molecule has 0 bridgehead atoms. The predicted octanol–water partition coefficient (Wildman–Crippen LogP) is 3.51. The molecule has 1 aliphatic heterocycles. The molecular weight excluding hydrogens is 170 g/mol. The van der Waals surface area contributed by atoms with E-state index in [4.69, 9.17) is 0 Å². The molecule has 0 fully saturated rings. The van der Waals surface area contributed by atoms with Crippen molar-refractivity contribution in [2.24, 2.45) is 0 Å². The van der Waals surface area contributed by atoms with Crippen molar-refractivity contribution in [3.63, 3.8) is 0 Å². The standard InChI is InChI=1S/C13H21N/c1-4-6-8-12-10-11-14(3)13(12)9-7-5-2/h4,6,8,10-11,13H,5,7,9H2,1-3H3/b6-4-,12-8-. The maximum absolute atomic E-state index is 2.31. The summed E-state index contributed by atoms with van der Waals surface area (Å²) in [5.74, 6) is 0. The van der Waals surface area contributed by atoms with Gasteiger partial charge in [-0.25, -0.2) is 0 Å². The Morgan fingerprint density at radius 1 is 1.50 bits per heavy atom. The molecule has 1 rings (SSSR count). The van der Waals surface area contributed by atoms with Crippen LogP contribution in [0.3, 0.4) is 0 Å². The van der Waals surface area contributed by atoms with E-state index in [1.807, 2.05) is 0 Å². The van der Waals surface area contributed by atoms with Gasteiger partial charge in [-0.1, -0.05) is 38.0 Å². The molecule has 1 heterocycles. The molecule has 0 N–H and O–H groups in total. The maximum Gasteiger partial charge on any atom is 0.0534 e. The first-order valence-electron chi connectivity index (χ1n) is 5.52. The van der Waals surface area contributed by atoms with Crippen LogP contribution in [0.25, 0.3) is 0 Å². The van der Waals surface area contributed by atoms with E-state index in [9.17, 15) is 0 Å². The highest BCUT2D eigenvalue weighted by Gasteiger charge is 2.19. The summed E-state index contributed by atoms with van der Waals surface area (Å²) in [6, 6.07) is 0.603. The monoisotopic (exact) mass is 191 g/mol. The Morgan fingerprint density at radius 2 is 2.29 bits per heavy atom. The van der Waals surface area contributed by atoms with Gasteiger partial charge in [0, 0.05) is 7.05 Å². The van der Waals surface area contributed by atoms with Gasteiger partial charge >= 0.3 is 0 Å². The first-order chi connectivity index (χ1) is 6.79. The fourth-order valence-corrected chi connectivity index (χ4v) is 1.80. The molecule has 0 aliphatic carbocycles. The van der Waals surface area contributed by atoms with Crippen molar-refractivity contribution in [2.45, 2.75) is 39.2 Å². The molecule has 1 aliphatic rings. The second kappa shape index (κ2) is 5.69. The molecule has 0 aromatic heterocycles. The first kappa shape index (κ1) is 11.1. The third-order valence-corrected chi connectivity index (χ3v) is 2.69. The lowest BCUT2D eigenvalue weighted by Gasteiger charge is -2.21. The van der Waals surface area contributed by atoms with Crippen LogP contribution in [0.4, 0.5) is 0 Å². The number of hydrogen-bond acceptors (Lipinski definition) is 1. The van der Waals surface area contributed by atoms with E-state index >= 15 is 0 Å². The van der Waals surface area contributed by atoms with Crippen LogP contribution in [0.15, 0.2) is 36.1 Å². The zero-order valence-corrected chi connectivity index (χ0v) is 9.53. The van der Waals surface area contributed by atoms with Crippen molar-refractivity contribution < 1.29 is 0 Å². The molecule has 0 radical (unpaired) electrons. The molecule has 0 aromatic rings. The number of nitrogens with zero attached hydrogens (tertiary/aromatic N) is 1. The Kier molecular flexibility index (Phi) is 4.51. The molecule has 14 heavy (non-hydrogen) atoms. The Hall–Kier alpha value is -0.980. The third kappa shape index (κ3) is 2.76. The number of allylic oxidation sites excluding steroid dienone is 3. The molecule has 0 saturated carbocycles. The van der Waals surface area contributed by atoms with E-state index in [1.165, 1.54) is 24.8 Å². The Morgan fingerprint density at radius 3 is 2.93 bits per heavy atom. The summed E-state index contributed by atoms with van der Waals surface area (Å²) < 4.78 is 0. The molecular formula is C13H21N. The Bertz CT molecular complexity index is 248. The van der Waals surface area contributed by atoms with Crippen molar-refractivity contribution in [3.05, 3.63) is 36.1 Å². The Labute approximate surface area is 87.8 Å². The van der Waals surface area contributed by atoms with Gasteiger partial charge in [0.2, 0.25) is 0 Å². The van der Waals surface area contributed by atoms with E-state index in [-0.39, 0.29) is 0 Å². The fourth-order valence-electron chi connectivity index (χ4n) is 1.80. The number of unbranched alkanes of at least 4 members (excludes halogenated alkanes) is 1. The number of likely N-dealkylation sites (N-methyl/N-ethyl adjacent to an activating group) is 1. The van der Waals surface area contributed by atoms with Gasteiger partial charge in [-0.15, -0.1) is 0 Å². The zero-order valence-electron chi connectivity index (χ0n) is 9.53. The molecule has 0 aromatic carbocycles. The zero-order chi connectivity index (χ0) is 10.4. The normalized spacial score (nSPS) is 24.4. The van der Waals surface area contributed by atoms with Crippen LogP contribution in [0, 0.1) is 0 Å². The molecule has 1 nitrogen and oxygen atoms in total. The van der Waals surface area contributed by atoms with Crippen LogP contribution >= 0.6 is 0 Å². The molecule has 0 spiro atoms. The summed E-state index contributed by atoms with van der Waals surface area (Å²) in [4.78, 5) is 2.31. The summed E-state index contributed by atoms with van der Waals surface area (Å²) in [5.41, 5.74) is 1.44. The average molecular weight is 191 g/mol. The smallest absolute Gasteiger partial charge is 0.0534 e. The van der Waals surface area contributed by atoms with Crippen molar-refractivity contribution in [2.75, 3.05) is 7.05 Å².